The zero-order chi connectivity index (χ0) is 6.99. The van der Waals surface area contributed by atoms with E-state index in [1.54, 1.807) is 4.75 Å². The Morgan fingerprint density at radius 1 is 1.88 bits per heavy atom. The van der Waals surface area contributed by atoms with Crippen LogP contribution >= 0.6 is 0 Å². The quantitative estimate of drug-likeness (QED) is 0.246. The highest BCUT2D eigenvalue weighted by Crippen LogP contribution is 1.68. The lowest BCUT2D eigenvalue weighted by atomic mass is 10.5. The molecule has 2 N–H and O–H groups in total. The molecular formula is C3H8O5. The predicted octanol–water partition coefficient (Wildman–Crippen LogP) is -1.76. The minimum Gasteiger partial charge on any atom is -0.394 e. The van der Waals surface area contributed by atoms with Gasteiger partial charge in [0, 0.05) is 0 Å². The van der Waals surface area contributed by atoms with E-state index >= 15 is 0 Å². The minimum absolute atomic E-state index is 0.139. The van der Waals surface area contributed by atoms with Gasteiger partial charge < -0.3 is 10.2 Å². The van der Waals surface area contributed by atoms with Crippen molar-refractivity contribution in [3.63, 3.8) is 0 Å². The van der Waals surface area contributed by atoms with E-state index in [1.807, 2.05) is 0 Å². The third-order valence-electron chi connectivity index (χ3n) is 0.264. The number of rotatable bonds is 1. The molecule has 1 atom stereocenters. The van der Waals surface area contributed by atoms with Gasteiger partial charge in [0.25, 0.3) is 0 Å². The standard InChI is InChI=1S/C3H8O2.O3/c1-3(5)2-4;1-3-2/h3-5H,2H2,1H3;. The number of aliphatic hydroxyl groups excluding tert-OH is 2. The third kappa shape index (κ3) is 57.0. The van der Waals surface area contributed by atoms with Crippen LogP contribution in [0.4, 0.5) is 0 Å². The first-order valence-corrected chi connectivity index (χ1v) is 1.89. The first-order chi connectivity index (χ1) is 3.68. The van der Waals surface area contributed by atoms with Crippen molar-refractivity contribution in [3.05, 3.63) is 9.71 Å². The summed E-state index contributed by atoms with van der Waals surface area (Å²) in [4.78, 5) is 7.88. The van der Waals surface area contributed by atoms with E-state index in [4.69, 9.17) is 20.4 Å². The van der Waals surface area contributed by atoms with Gasteiger partial charge in [-0.25, -0.2) is 0 Å². The van der Waals surface area contributed by atoms with E-state index in [2.05, 4.69) is 0 Å². The molecule has 5 nitrogen and oxygen atoms in total. The largest absolute Gasteiger partial charge is 0.394 e. The predicted molar refractivity (Wildman–Crippen MR) is 25.5 cm³/mol. The normalized spacial score (nSPS) is 10.9. The molecule has 0 bridgehead atoms. The van der Waals surface area contributed by atoms with Crippen molar-refractivity contribution in [2.24, 2.45) is 0 Å². The molecule has 0 radical (unpaired) electrons. The van der Waals surface area contributed by atoms with Crippen LogP contribution in [0.5, 0.6) is 0 Å². The maximum Gasteiger partial charge on any atom is 0.154 e. The molecule has 5 heteroatoms. The second-order valence-corrected chi connectivity index (χ2v) is 1.10. The summed E-state index contributed by atoms with van der Waals surface area (Å²) in [5.74, 6) is 0. The molecule has 0 saturated heterocycles. The summed E-state index contributed by atoms with van der Waals surface area (Å²) >= 11 is 0. The van der Waals surface area contributed by atoms with E-state index in [1.165, 1.54) is 6.92 Å². The van der Waals surface area contributed by atoms with Gasteiger partial charge in [0.05, 0.1) is 12.7 Å². The Morgan fingerprint density at radius 3 is 2.00 bits per heavy atom. The summed E-state index contributed by atoms with van der Waals surface area (Å²) in [6.45, 7) is 1.39. The summed E-state index contributed by atoms with van der Waals surface area (Å²) in [5.41, 5.74) is 0. The van der Waals surface area contributed by atoms with Gasteiger partial charge in [-0.15, -0.1) is 0 Å². The fourth-order valence-electron chi connectivity index (χ4n) is 0. The van der Waals surface area contributed by atoms with Gasteiger partial charge in [-0.3, -0.25) is 0 Å². The van der Waals surface area contributed by atoms with Crippen LogP contribution in [0.15, 0.2) is 0 Å². The van der Waals surface area contributed by atoms with Crippen LogP contribution in [-0.4, -0.2) is 22.9 Å². The van der Waals surface area contributed by atoms with Crippen LogP contribution in [0.25, 0.3) is 0 Å². The molecule has 0 amide bonds. The second-order valence-electron chi connectivity index (χ2n) is 1.10. The van der Waals surface area contributed by atoms with Crippen LogP contribution in [0.1, 0.15) is 6.92 Å². The molecule has 0 aromatic rings. The molecule has 0 aliphatic heterocycles. The molecule has 0 heterocycles. The Bertz CT molecular complexity index is 42.9. The van der Waals surface area contributed by atoms with E-state index in [-0.39, 0.29) is 6.61 Å². The Hall–Kier alpha value is -0.680. The Kier molecular flexibility index (Phi) is 12.4. The monoisotopic (exact) mass is 124 g/mol. The SMILES string of the molecule is CC(O)CO.O=[O+][O-]. The topological polar surface area (TPSA) is 91.9 Å². The second kappa shape index (κ2) is 9.58. The van der Waals surface area contributed by atoms with Gasteiger partial charge in [0.2, 0.25) is 0 Å². The van der Waals surface area contributed by atoms with E-state index in [0.717, 1.165) is 0 Å². The van der Waals surface area contributed by atoms with Crippen LogP contribution in [0.2, 0.25) is 0 Å². The van der Waals surface area contributed by atoms with Crippen molar-refractivity contribution in [1.29, 1.82) is 0 Å². The zero-order valence-electron chi connectivity index (χ0n) is 4.40. The summed E-state index contributed by atoms with van der Waals surface area (Å²) < 4.78 is 1.75. The molecule has 50 valence electrons. The zero-order valence-corrected chi connectivity index (χ0v) is 4.40. The van der Waals surface area contributed by atoms with Crippen molar-refractivity contribution >= 4 is 0 Å². The van der Waals surface area contributed by atoms with Crippen LogP contribution in [0, 0.1) is 9.71 Å². The number of hydrogen-bond donors (Lipinski definition) is 2. The molecule has 0 aliphatic rings. The highest BCUT2D eigenvalue weighted by molar-refractivity contribution is 4.34. The molecule has 8 heavy (non-hydrogen) atoms. The molecule has 0 aliphatic carbocycles. The van der Waals surface area contributed by atoms with Crippen molar-refractivity contribution in [1.82, 2.24) is 0 Å². The maximum absolute atomic E-state index is 8.11. The summed E-state index contributed by atoms with van der Waals surface area (Å²) in [6.07, 6.45) is -0.560. The Balaban J connectivity index is 0. The number of hydrogen-bond acceptors (Lipinski definition) is 4. The van der Waals surface area contributed by atoms with Gasteiger partial charge in [-0.1, -0.05) is 10.2 Å². The highest BCUT2D eigenvalue weighted by atomic mass is 17.2. The van der Waals surface area contributed by atoms with Crippen molar-refractivity contribution in [2.45, 2.75) is 13.0 Å². The Labute approximate surface area is 46.0 Å². The lowest BCUT2D eigenvalue weighted by Crippen LogP contribution is -2.03. The molecule has 0 aromatic heterocycles. The van der Waals surface area contributed by atoms with Crippen molar-refractivity contribution < 1.29 is 15.5 Å². The maximum atomic E-state index is 8.11. The average molecular weight is 124 g/mol. The fraction of sp³-hybridized carbons (Fsp3) is 1.00. The third-order valence-corrected chi connectivity index (χ3v) is 0.264. The van der Waals surface area contributed by atoms with Crippen LogP contribution in [-0.2, 0) is 0 Å². The molecule has 0 aromatic carbocycles. The lowest BCUT2D eigenvalue weighted by molar-refractivity contribution is -0.284. The molecule has 0 spiro atoms. The molecular weight excluding hydrogens is 116 g/mol. The van der Waals surface area contributed by atoms with Crippen molar-refractivity contribution in [3.8, 4) is 0 Å². The number of aliphatic hydroxyl groups is 2. The first kappa shape index (κ1) is 10.3. The first-order valence-electron chi connectivity index (χ1n) is 1.89. The molecule has 0 rings (SSSR count). The van der Waals surface area contributed by atoms with Gasteiger partial charge in [-0.05, 0) is 6.92 Å². The van der Waals surface area contributed by atoms with E-state index < -0.39 is 6.10 Å². The highest BCUT2D eigenvalue weighted by Gasteiger charge is 1.83. The molecule has 0 saturated carbocycles. The molecule has 0 fully saturated rings. The van der Waals surface area contributed by atoms with E-state index in [9.17, 15) is 0 Å². The van der Waals surface area contributed by atoms with Gasteiger partial charge in [-0.2, -0.15) is 0 Å². The van der Waals surface area contributed by atoms with Gasteiger partial charge in [0.1, 0.15) is 0 Å². The average Bonchev–Trinajstić information content (AvgIpc) is 1.69. The van der Waals surface area contributed by atoms with Crippen LogP contribution < -0.4 is 5.26 Å². The summed E-state index contributed by atoms with van der Waals surface area (Å²) in [6, 6.07) is 0. The summed E-state index contributed by atoms with van der Waals surface area (Å²) in [7, 11) is 0. The molecule has 1 unspecified atom stereocenters. The lowest BCUT2D eigenvalue weighted by Gasteiger charge is -1.90. The van der Waals surface area contributed by atoms with E-state index in [0.29, 0.717) is 0 Å². The Morgan fingerprint density at radius 2 is 2.00 bits per heavy atom. The fourth-order valence-corrected chi connectivity index (χ4v) is 0. The summed E-state index contributed by atoms with van der Waals surface area (Å²) in [5, 5.41) is 23.9. The van der Waals surface area contributed by atoms with Crippen molar-refractivity contribution in [2.75, 3.05) is 6.61 Å². The smallest absolute Gasteiger partial charge is 0.154 e. The van der Waals surface area contributed by atoms with Gasteiger partial charge in [0.15, 0.2) is 4.75 Å². The van der Waals surface area contributed by atoms with Crippen LogP contribution in [0.3, 0.4) is 0 Å². The van der Waals surface area contributed by atoms with Gasteiger partial charge >= 0.3 is 0 Å². The minimum atomic E-state index is -0.560.